The first kappa shape index (κ1) is 14.2. The lowest BCUT2D eigenvalue weighted by molar-refractivity contribution is -0.141. The molecule has 0 radical (unpaired) electrons. The maximum atomic E-state index is 10.5. The molecule has 0 saturated carbocycles. The van der Waals surface area contributed by atoms with E-state index in [1.807, 2.05) is 19.9 Å². The maximum absolute atomic E-state index is 10.5. The first-order valence-corrected chi connectivity index (χ1v) is 6.11. The van der Waals surface area contributed by atoms with Crippen molar-refractivity contribution in [3.8, 4) is 0 Å². The molecule has 0 amide bonds. The lowest BCUT2D eigenvalue weighted by Gasteiger charge is -2.15. The second kappa shape index (κ2) is 6.77. The number of hydrogen-bond acceptors (Lipinski definition) is 4. The SMILES string of the molecule is CC(=O)OCCCC/C=C/C1COC(C)(C)O1. The van der Waals surface area contributed by atoms with Crippen LogP contribution in [0.3, 0.4) is 0 Å². The third kappa shape index (κ3) is 6.44. The highest BCUT2D eigenvalue weighted by molar-refractivity contribution is 5.65. The molecule has 0 aromatic rings. The first-order valence-electron chi connectivity index (χ1n) is 6.11. The van der Waals surface area contributed by atoms with E-state index in [2.05, 4.69) is 6.08 Å². The Kier molecular flexibility index (Phi) is 5.65. The van der Waals surface area contributed by atoms with Gasteiger partial charge in [-0.3, -0.25) is 4.79 Å². The van der Waals surface area contributed by atoms with Gasteiger partial charge < -0.3 is 14.2 Å². The average Bonchev–Trinajstić information content (AvgIpc) is 2.56. The number of allylic oxidation sites excluding steroid dienone is 1. The van der Waals surface area contributed by atoms with Crippen molar-refractivity contribution >= 4 is 5.97 Å². The normalized spacial score (nSPS) is 23.1. The molecule has 1 saturated heterocycles. The van der Waals surface area contributed by atoms with Crippen molar-refractivity contribution in [2.45, 2.75) is 51.9 Å². The quantitative estimate of drug-likeness (QED) is 0.407. The van der Waals surface area contributed by atoms with Crippen LogP contribution < -0.4 is 0 Å². The molecule has 1 atom stereocenters. The van der Waals surface area contributed by atoms with Gasteiger partial charge in [0.2, 0.25) is 0 Å². The molecule has 4 nitrogen and oxygen atoms in total. The first-order chi connectivity index (χ1) is 7.99. The predicted octanol–water partition coefficient (Wildman–Crippen LogP) is 2.43. The van der Waals surface area contributed by atoms with Gasteiger partial charge in [0.05, 0.1) is 13.2 Å². The van der Waals surface area contributed by atoms with Gasteiger partial charge in [-0.1, -0.05) is 12.2 Å². The molecule has 4 heteroatoms. The van der Waals surface area contributed by atoms with Gasteiger partial charge >= 0.3 is 5.97 Å². The minimum atomic E-state index is -0.454. The van der Waals surface area contributed by atoms with Crippen LogP contribution in [0.25, 0.3) is 0 Å². The predicted molar refractivity (Wildman–Crippen MR) is 64.5 cm³/mol. The number of unbranched alkanes of at least 4 members (excludes halogenated alkanes) is 2. The third-order valence-corrected chi connectivity index (χ3v) is 2.45. The Morgan fingerprint density at radius 1 is 1.47 bits per heavy atom. The summed E-state index contributed by atoms with van der Waals surface area (Å²) in [6, 6.07) is 0. The second-order valence-electron chi connectivity index (χ2n) is 4.63. The van der Waals surface area contributed by atoms with Gasteiger partial charge in [0, 0.05) is 6.92 Å². The molecular weight excluding hydrogens is 220 g/mol. The number of carbonyl (C=O) groups excluding carboxylic acids is 1. The van der Waals surface area contributed by atoms with E-state index >= 15 is 0 Å². The molecule has 1 heterocycles. The number of esters is 1. The number of ether oxygens (including phenoxy) is 3. The molecule has 0 spiro atoms. The molecule has 0 N–H and O–H groups in total. The standard InChI is InChI=1S/C13H22O4/c1-11(14)15-9-7-5-4-6-8-12-10-16-13(2,3)17-12/h6,8,12H,4-5,7,9-10H2,1-3H3/b8-6+. The number of rotatable bonds is 6. The van der Waals surface area contributed by atoms with Crippen LogP contribution in [-0.2, 0) is 19.0 Å². The van der Waals surface area contributed by atoms with Crippen LogP contribution in [0.4, 0.5) is 0 Å². The zero-order valence-electron chi connectivity index (χ0n) is 10.9. The van der Waals surface area contributed by atoms with Crippen LogP contribution in [-0.4, -0.2) is 31.1 Å². The van der Waals surface area contributed by atoms with Crippen molar-refractivity contribution in [3.05, 3.63) is 12.2 Å². The monoisotopic (exact) mass is 242 g/mol. The second-order valence-corrected chi connectivity index (χ2v) is 4.63. The summed E-state index contributed by atoms with van der Waals surface area (Å²) >= 11 is 0. The average molecular weight is 242 g/mol. The van der Waals surface area contributed by atoms with Gasteiger partial charge in [-0.05, 0) is 33.1 Å². The van der Waals surface area contributed by atoms with Crippen molar-refractivity contribution in [1.82, 2.24) is 0 Å². The molecule has 98 valence electrons. The molecule has 0 aromatic heterocycles. The van der Waals surface area contributed by atoms with Crippen molar-refractivity contribution in [1.29, 1.82) is 0 Å². The maximum Gasteiger partial charge on any atom is 0.302 e. The van der Waals surface area contributed by atoms with E-state index in [0.717, 1.165) is 19.3 Å². The summed E-state index contributed by atoms with van der Waals surface area (Å²) in [6.07, 6.45) is 7.10. The van der Waals surface area contributed by atoms with Crippen LogP contribution in [0.2, 0.25) is 0 Å². The van der Waals surface area contributed by atoms with Crippen molar-refractivity contribution in [3.63, 3.8) is 0 Å². The Morgan fingerprint density at radius 2 is 2.24 bits per heavy atom. The summed E-state index contributed by atoms with van der Waals surface area (Å²) < 4.78 is 15.9. The fraction of sp³-hybridized carbons (Fsp3) is 0.769. The van der Waals surface area contributed by atoms with E-state index in [-0.39, 0.29) is 12.1 Å². The minimum Gasteiger partial charge on any atom is -0.466 e. The van der Waals surface area contributed by atoms with Gasteiger partial charge in [-0.25, -0.2) is 0 Å². The molecule has 0 aliphatic carbocycles. The summed E-state index contributed by atoms with van der Waals surface area (Å²) in [5.41, 5.74) is 0. The van der Waals surface area contributed by atoms with Gasteiger partial charge in [-0.2, -0.15) is 0 Å². The fourth-order valence-corrected chi connectivity index (χ4v) is 1.64. The van der Waals surface area contributed by atoms with E-state index < -0.39 is 5.79 Å². The smallest absolute Gasteiger partial charge is 0.302 e. The zero-order valence-corrected chi connectivity index (χ0v) is 10.9. The van der Waals surface area contributed by atoms with Crippen molar-refractivity contribution in [2.75, 3.05) is 13.2 Å². The summed E-state index contributed by atoms with van der Waals surface area (Å²) in [4.78, 5) is 10.5. The number of hydrogen-bond donors (Lipinski definition) is 0. The van der Waals surface area contributed by atoms with E-state index in [4.69, 9.17) is 14.2 Å². The summed E-state index contributed by atoms with van der Waals surface area (Å²) in [5, 5.41) is 0. The molecule has 1 unspecified atom stereocenters. The Hall–Kier alpha value is -0.870. The highest BCUT2D eigenvalue weighted by Gasteiger charge is 2.30. The fourth-order valence-electron chi connectivity index (χ4n) is 1.64. The topological polar surface area (TPSA) is 44.8 Å². The molecule has 1 aliphatic heterocycles. The highest BCUT2D eigenvalue weighted by atomic mass is 16.7. The lowest BCUT2D eigenvalue weighted by atomic mass is 10.2. The highest BCUT2D eigenvalue weighted by Crippen LogP contribution is 2.22. The van der Waals surface area contributed by atoms with Crippen molar-refractivity contribution in [2.24, 2.45) is 0 Å². The largest absolute Gasteiger partial charge is 0.466 e. The Bertz CT molecular complexity index is 271. The molecule has 1 fully saturated rings. The summed E-state index contributed by atoms with van der Waals surface area (Å²) in [5.74, 6) is -0.663. The van der Waals surface area contributed by atoms with E-state index in [9.17, 15) is 4.79 Å². The van der Waals surface area contributed by atoms with E-state index in [1.165, 1.54) is 6.92 Å². The van der Waals surface area contributed by atoms with Gasteiger partial charge in [0.15, 0.2) is 5.79 Å². The van der Waals surface area contributed by atoms with Crippen LogP contribution in [0.1, 0.15) is 40.0 Å². The van der Waals surface area contributed by atoms with Crippen LogP contribution in [0.15, 0.2) is 12.2 Å². The van der Waals surface area contributed by atoms with E-state index in [1.54, 1.807) is 0 Å². The Morgan fingerprint density at radius 3 is 2.82 bits per heavy atom. The number of carbonyl (C=O) groups is 1. The van der Waals surface area contributed by atoms with Gasteiger partial charge in [0.25, 0.3) is 0 Å². The lowest BCUT2D eigenvalue weighted by Crippen LogP contribution is -2.20. The van der Waals surface area contributed by atoms with E-state index in [0.29, 0.717) is 13.2 Å². The molecule has 1 aliphatic rings. The van der Waals surface area contributed by atoms with Gasteiger partial charge in [0.1, 0.15) is 6.10 Å². The van der Waals surface area contributed by atoms with Crippen LogP contribution in [0, 0.1) is 0 Å². The molecule has 0 bridgehead atoms. The molecule has 17 heavy (non-hydrogen) atoms. The Labute approximate surface area is 103 Å². The van der Waals surface area contributed by atoms with Crippen molar-refractivity contribution < 1.29 is 19.0 Å². The van der Waals surface area contributed by atoms with Crippen LogP contribution >= 0.6 is 0 Å². The van der Waals surface area contributed by atoms with Crippen LogP contribution in [0.5, 0.6) is 0 Å². The molecule has 0 aromatic carbocycles. The summed E-state index contributed by atoms with van der Waals surface area (Å²) in [7, 11) is 0. The molecular formula is C13H22O4. The summed E-state index contributed by atoms with van der Waals surface area (Å²) in [6.45, 7) is 6.40. The third-order valence-electron chi connectivity index (χ3n) is 2.45. The zero-order chi connectivity index (χ0) is 12.7. The van der Waals surface area contributed by atoms with Gasteiger partial charge in [-0.15, -0.1) is 0 Å². The minimum absolute atomic E-state index is 0.0680. The molecule has 1 rings (SSSR count). The Balaban J connectivity index is 2.01.